The molecule has 0 radical (unpaired) electrons. The zero-order chi connectivity index (χ0) is 12.7. The maximum atomic E-state index is 11.6. The molecule has 0 saturated heterocycles. The fourth-order valence-corrected chi connectivity index (χ4v) is 1.87. The van der Waals surface area contributed by atoms with E-state index < -0.39 is 0 Å². The molecule has 0 aliphatic heterocycles. The number of carbonyl (C=O) groups is 1. The first-order chi connectivity index (χ1) is 8.13. The molecule has 5 heteroatoms. The summed E-state index contributed by atoms with van der Waals surface area (Å²) in [6.45, 7) is 5.14. The molecule has 1 aromatic rings. The molecular formula is C12H20BrN3O. The van der Waals surface area contributed by atoms with E-state index in [-0.39, 0.29) is 5.91 Å². The second kappa shape index (κ2) is 7.48. The summed E-state index contributed by atoms with van der Waals surface area (Å²) >= 11 is 3.37. The number of rotatable bonds is 7. The van der Waals surface area contributed by atoms with Crippen molar-refractivity contribution in [2.24, 2.45) is 0 Å². The van der Waals surface area contributed by atoms with E-state index in [1.54, 1.807) is 4.68 Å². The second-order valence-electron chi connectivity index (χ2n) is 4.17. The zero-order valence-corrected chi connectivity index (χ0v) is 12.1. The second-order valence-corrected chi connectivity index (χ2v) is 5.02. The van der Waals surface area contributed by atoms with Gasteiger partial charge in [-0.1, -0.05) is 26.2 Å². The summed E-state index contributed by atoms with van der Waals surface area (Å²) in [4.78, 5) is 11.6. The summed E-state index contributed by atoms with van der Waals surface area (Å²) < 4.78 is 2.59. The normalized spacial score (nSPS) is 10.5. The number of nitrogens with one attached hydrogen (secondary N) is 1. The summed E-state index contributed by atoms with van der Waals surface area (Å²) in [5.41, 5.74) is 0.903. The van der Waals surface area contributed by atoms with Crippen molar-refractivity contribution in [1.82, 2.24) is 15.1 Å². The molecule has 0 aliphatic rings. The Hall–Kier alpha value is -0.840. The number of hydrogen-bond donors (Lipinski definition) is 1. The van der Waals surface area contributed by atoms with E-state index in [1.165, 1.54) is 19.3 Å². The number of hydrogen-bond acceptors (Lipinski definition) is 2. The van der Waals surface area contributed by atoms with E-state index in [2.05, 4.69) is 33.3 Å². The van der Waals surface area contributed by atoms with Gasteiger partial charge in [0.25, 0.3) is 0 Å². The van der Waals surface area contributed by atoms with Crippen LogP contribution in [-0.4, -0.2) is 22.2 Å². The van der Waals surface area contributed by atoms with E-state index >= 15 is 0 Å². The third-order valence-electron chi connectivity index (χ3n) is 2.54. The number of aromatic nitrogens is 2. The van der Waals surface area contributed by atoms with E-state index in [0.717, 1.165) is 23.1 Å². The highest BCUT2D eigenvalue weighted by atomic mass is 79.9. The number of amides is 1. The van der Waals surface area contributed by atoms with Crippen LogP contribution in [-0.2, 0) is 11.3 Å². The van der Waals surface area contributed by atoms with Gasteiger partial charge in [-0.2, -0.15) is 5.10 Å². The van der Waals surface area contributed by atoms with Crippen molar-refractivity contribution in [3.63, 3.8) is 0 Å². The van der Waals surface area contributed by atoms with Gasteiger partial charge in [-0.05, 0) is 29.3 Å². The number of carbonyl (C=O) groups excluding carboxylic acids is 1. The standard InChI is InChI=1S/C12H20BrN3O/c1-3-4-5-6-7-14-12(17)9-16-8-11(13)10(2)15-16/h8H,3-7,9H2,1-2H3,(H,14,17). The Morgan fingerprint density at radius 1 is 1.47 bits per heavy atom. The van der Waals surface area contributed by atoms with E-state index in [0.29, 0.717) is 6.54 Å². The first-order valence-corrected chi connectivity index (χ1v) is 6.89. The van der Waals surface area contributed by atoms with Crippen LogP contribution in [0.5, 0.6) is 0 Å². The average Bonchev–Trinajstić information content (AvgIpc) is 2.57. The van der Waals surface area contributed by atoms with Crippen LogP contribution in [0.4, 0.5) is 0 Å². The lowest BCUT2D eigenvalue weighted by Crippen LogP contribution is -2.28. The largest absolute Gasteiger partial charge is 0.354 e. The highest BCUT2D eigenvalue weighted by Crippen LogP contribution is 2.12. The third kappa shape index (κ3) is 5.35. The SMILES string of the molecule is CCCCCCNC(=O)Cn1cc(Br)c(C)n1. The van der Waals surface area contributed by atoms with Crippen molar-refractivity contribution in [3.8, 4) is 0 Å². The predicted molar refractivity (Wildman–Crippen MR) is 71.8 cm³/mol. The van der Waals surface area contributed by atoms with E-state index in [1.807, 2.05) is 13.1 Å². The number of unbranched alkanes of at least 4 members (excludes halogenated alkanes) is 3. The topological polar surface area (TPSA) is 46.9 Å². The number of halogens is 1. The molecule has 1 rings (SSSR count). The van der Waals surface area contributed by atoms with Gasteiger partial charge < -0.3 is 5.32 Å². The van der Waals surface area contributed by atoms with Crippen molar-refractivity contribution in [3.05, 3.63) is 16.4 Å². The Morgan fingerprint density at radius 3 is 2.82 bits per heavy atom. The lowest BCUT2D eigenvalue weighted by molar-refractivity contribution is -0.121. The van der Waals surface area contributed by atoms with Gasteiger partial charge in [0, 0.05) is 12.7 Å². The number of nitrogens with zero attached hydrogens (tertiary/aromatic N) is 2. The maximum Gasteiger partial charge on any atom is 0.241 e. The Kier molecular flexibility index (Phi) is 6.26. The van der Waals surface area contributed by atoms with Crippen molar-refractivity contribution < 1.29 is 4.79 Å². The first kappa shape index (κ1) is 14.2. The minimum absolute atomic E-state index is 0.0245. The monoisotopic (exact) mass is 301 g/mol. The molecule has 0 fully saturated rings. The molecule has 0 aliphatic carbocycles. The molecule has 0 saturated carbocycles. The van der Waals surface area contributed by atoms with Gasteiger partial charge in [0.2, 0.25) is 5.91 Å². The Bertz CT molecular complexity index is 343. The van der Waals surface area contributed by atoms with Crippen LogP contribution in [0.25, 0.3) is 0 Å². The van der Waals surface area contributed by atoms with Crippen LogP contribution in [0.3, 0.4) is 0 Å². The van der Waals surface area contributed by atoms with Crippen LogP contribution >= 0.6 is 15.9 Å². The average molecular weight is 302 g/mol. The summed E-state index contributed by atoms with van der Waals surface area (Å²) in [5, 5.41) is 7.12. The Labute approximate surface area is 111 Å². The molecule has 17 heavy (non-hydrogen) atoms. The third-order valence-corrected chi connectivity index (χ3v) is 3.32. The first-order valence-electron chi connectivity index (χ1n) is 6.09. The van der Waals surface area contributed by atoms with E-state index in [4.69, 9.17) is 0 Å². The molecule has 1 heterocycles. The highest BCUT2D eigenvalue weighted by molar-refractivity contribution is 9.10. The van der Waals surface area contributed by atoms with E-state index in [9.17, 15) is 4.79 Å². The van der Waals surface area contributed by atoms with Crippen molar-refractivity contribution >= 4 is 21.8 Å². The van der Waals surface area contributed by atoms with Gasteiger partial charge in [-0.15, -0.1) is 0 Å². The van der Waals surface area contributed by atoms with Gasteiger partial charge in [0.15, 0.2) is 0 Å². The van der Waals surface area contributed by atoms with Gasteiger partial charge in [-0.25, -0.2) is 0 Å². The van der Waals surface area contributed by atoms with Gasteiger partial charge >= 0.3 is 0 Å². The molecule has 1 amide bonds. The highest BCUT2D eigenvalue weighted by Gasteiger charge is 2.05. The lowest BCUT2D eigenvalue weighted by atomic mass is 10.2. The predicted octanol–water partition coefficient (Wildman–Crippen LogP) is 2.65. The maximum absolute atomic E-state index is 11.6. The van der Waals surface area contributed by atoms with Crippen LogP contribution in [0.1, 0.15) is 38.3 Å². The van der Waals surface area contributed by atoms with Gasteiger partial charge in [0.05, 0.1) is 10.2 Å². The fraction of sp³-hybridized carbons (Fsp3) is 0.667. The van der Waals surface area contributed by atoms with Crippen molar-refractivity contribution in [1.29, 1.82) is 0 Å². The molecule has 4 nitrogen and oxygen atoms in total. The minimum Gasteiger partial charge on any atom is -0.354 e. The Balaban J connectivity index is 2.21. The Morgan fingerprint density at radius 2 is 2.24 bits per heavy atom. The molecule has 1 aromatic heterocycles. The summed E-state index contributed by atoms with van der Waals surface area (Å²) in [6.07, 6.45) is 6.52. The quantitative estimate of drug-likeness (QED) is 0.787. The summed E-state index contributed by atoms with van der Waals surface area (Å²) in [6, 6.07) is 0. The van der Waals surface area contributed by atoms with Crippen LogP contribution < -0.4 is 5.32 Å². The van der Waals surface area contributed by atoms with Crippen LogP contribution in [0, 0.1) is 6.92 Å². The zero-order valence-electron chi connectivity index (χ0n) is 10.5. The molecule has 1 N–H and O–H groups in total. The molecule has 0 bridgehead atoms. The van der Waals surface area contributed by atoms with Crippen molar-refractivity contribution in [2.75, 3.05) is 6.54 Å². The smallest absolute Gasteiger partial charge is 0.241 e. The van der Waals surface area contributed by atoms with Crippen LogP contribution in [0.15, 0.2) is 10.7 Å². The number of aryl methyl sites for hydroxylation is 1. The minimum atomic E-state index is 0.0245. The van der Waals surface area contributed by atoms with Gasteiger partial charge in [0.1, 0.15) is 6.54 Å². The lowest BCUT2D eigenvalue weighted by Gasteiger charge is -2.04. The van der Waals surface area contributed by atoms with Crippen molar-refractivity contribution in [2.45, 2.75) is 46.1 Å². The van der Waals surface area contributed by atoms with Crippen LogP contribution in [0.2, 0.25) is 0 Å². The molecular weight excluding hydrogens is 282 g/mol. The molecule has 0 spiro atoms. The molecule has 0 unspecified atom stereocenters. The van der Waals surface area contributed by atoms with Gasteiger partial charge in [-0.3, -0.25) is 9.48 Å². The fourth-order valence-electron chi connectivity index (χ4n) is 1.56. The molecule has 0 atom stereocenters. The molecule has 96 valence electrons. The summed E-state index contributed by atoms with van der Waals surface area (Å²) in [5.74, 6) is 0.0245. The summed E-state index contributed by atoms with van der Waals surface area (Å²) in [7, 11) is 0. The molecule has 0 aromatic carbocycles.